The summed E-state index contributed by atoms with van der Waals surface area (Å²) < 4.78 is 0. The summed E-state index contributed by atoms with van der Waals surface area (Å²) in [6, 6.07) is 8.45. The summed E-state index contributed by atoms with van der Waals surface area (Å²) >= 11 is 0. The van der Waals surface area contributed by atoms with Crippen LogP contribution in [0.3, 0.4) is 0 Å². The van der Waals surface area contributed by atoms with Crippen molar-refractivity contribution in [1.82, 2.24) is 0 Å². The number of hydrogen-bond acceptors (Lipinski definition) is 6. The van der Waals surface area contributed by atoms with Crippen LogP contribution in [0.2, 0.25) is 0 Å². The maximum atomic E-state index is 11.4. The summed E-state index contributed by atoms with van der Waals surface area (Å²) in [4.78, 5) is 13.6. The minimum absolute atomic E-state index is 0.285. The zero-order chi connectivity index (χ0) is 16.8. The van der Waals surface area contributed by atoms with Crippen LogP contribution in [-0.2, 0) is 0 Å². The van der Waals surface area contributed by atoms with E-state index in [-0.39, 0.29) is 5.71 Å². The predicted octanol–water partition coefficient (Wildman–Crippen LogP) is 1.84. The number of carbonyl (C=O) groups is 1. The topological polar surface area (TPSA) is 118 Å². The zero-order valence-electron chi connectivity index (χ0n) is 12.9. The molecule has 0 aromatic heterocycles. The van der Waals surface area contributed by atoms with Gasteiger partial charge in [-0.15, -0.1) is 0 Å². The molecule has 0 aliphatic carbocycles. The Balaban J connectivity index is 2.37. The lowest BCUT2D eigenvalue weighted by Gasteiger charge is -2.34. The number of piperidine rings is 1. The number of carbonyl (C=O) groups excluding carboxylic acids is 1. The van der Waals surface area contributed by atoms with Gasteiger partial charge < -0.3 is 10.6 Å². The van der Waals surface area contributed by atoms with Gasteiger partial charge in [0, 0.05) is 18.7 Å². The van der Waals surface area contributed by atoms with Gasteiger partial charge in [-0.25, -0.2) is 0 Å². The van der Waals surface area contributed by atoms with Gasteiger partial charge in [0.15, 0.2) is 0 Å². The molecule has 1 heterocycles. The van der Waals surface area contributed by atoms with Gasteiger partial charge >= 0.3 is 0 Å². The highest BCUT2D eigenvalue weighted by Crippen LogP contribution is 2.31. The van der Waals surface area contributed by atoms with Crippen molar-refractivity contribution in [2.24, 2.45) is 16.8 Å². The van der Waals surface area contributed by atoms with Crippen LogP contribution < -0.4 is 16.1 Å². The maximum Gasteiger partial charge on any atom is 0.248 e. The van der Waals surface area contributed by atoms with Crippen LogP contribution in [0.5, 0.6) is 0 Å². The SMILES string of the molecule is CC1CCCN(c2ccc(C(N)=O)cc2NN=C(C#N)C#N)C1. The molecule has 0 bridgehead atoms. The molecule has 0 spiro atoms. The Kier molecular flexibility index (Phi) is 5.16. The Morgan fingerprint density at radius 1 is 1.43 bits per heavy atom. The monoisotopic (exact) mass is 310 g/mol. The van der Waals surface area contributed by atoms with Crippen LogP contribution in [0, 0.1) is 28.6 Å². The van der Waals surface area contributed by atoms with E-state index < -0.39 is 5.91 Å². The van der Waals surface area contributed by atoms with Gasteiger partial charge in [0.25, 0.3) is 0 Å². The molecule has 7 nitrogen and oxygen atoms in total. The number of hydrazone groups is 1. The van der Waals surface area contributed by atoms with E-state index in [1.165, 1.54) is 6.42 Å². The lowest BCUT2D eigenvalue weighted by Crippen LogP contribution is -2.34. The number of nitrogens with zero attached hydrogens (tertiary/aromatic N) is 4. The summed E-state index contributed by atoms with van der Waals surface area (Å²) in [5, 5.41) is 21.3. The van der Waals surface area contributed by atoms with E-state index in [1.54, 1.807) is 24.3 Å². The third kappa shape index (κ3) is 3.98. The van der Waals surface area contributed by atoms with Gasteiger partial charge in [-0.3, -0.25) is 10.2 Å². The van der Waals surface area contributed by atoms with E-state index in [9.17, 15) is 4.79 Å². The average molecular weight is 310 g/mol. The van der Waals surface area contributed by atoms with Crippen molar-refractivity contribution < 1.29 is 4.79 Å². The predicted molar refractivity (Wildman–Crippen MR) is 87.9 cm³/mol. The Bertz CT molecular complexity index is 696. The molecule has 1 amide bonds. The van der Waals surface area contributed by atoms with Gasteiger partial charge in [-0.1, -0.05) is 6.92 Å². The number of primary amides is 1. The number of amides is 1. The molecule has 1 unspecified atom stereocenters. The number of benzene rings is 1. The average Bonchev–Trinajstić information content (AvgIpc) is 2.55. The molecular weight excluding hydrogens is 292 g/mol. The fourth-order valence-corrected chi connectivity index (χ4v) is 2.65. The zero-order valence-corrected chi connectivity index (χ0v) is 12.9. The lowest BCUT2D eigenvalue weighted by atomic mass is 9.99. The van der Waals surface area contributed by atoms with Crippen LogP contribution in [0.25, 0.3) is 0 Å². The second-order valence-electron chi connectivity index (χ2n) is 5.59. The third-order valence-corrected chi connectivity index (χ3v) is 3.78. The maximum absolute atomic E-state index is 11.4. The van der Waals surface area contributed by atoms with Crippen LogP contribution in [-0.4, -0.2) is 24.7 Å². The number of rotatable bonds is 4. The first kappa shape index (κ1) is 16.3. The molecule has 1 aliphatic heterocycles. The molecule has 118 valence electrons. The molecule has 23 heavy (non-hydrogen) atoms. The van der Waals surface area contributed by atoms with Crippen LogP contribution in [0.15, 0.2) is 23.3 Å². The fourth-order valence-electron chi connectivity index (χ4n) is 2.65. The molecule has 1 saturated heterocycles. The van der Waals surface area contributed by atoms with Crippen molar-refractivity contribution in [3.63, 3.8) is 0 Å². The van der Waals surface area contributed by atoms with E-state index >= 15 is 0 Å². The molecule has 1 aliphatic rings. The number of nitrogens with one attached hydrogen (secondary N) is 1. The van der Waals surface area contributed by atoms with Crippen molar-refractivity contribution >= 4 is 23.0 Å². The molecule has 1 aromatic rings. The van der Waals surface area contributed by atoms with Gasteiger partial charge in [0.1, 0.15) is 12.1 Å². The summed E-state index contributed by atoms with van der Waals surface area (Å²) in [7, 11) is 0. The van der Waals surface area contributed by atoms with E-state index in [4.69, 9.17) is 16.3 Å². The smallest absolute Gasteiger partial charge is 0.248 e. The molecule has 2 rings (SSSR count). The third-order valence-electron chi connectivity index (χ3n) is 3.78. The second kappa shape index (κ2) is 7.28. The molecule has 7 heteroatoms. The Labute approximate surface area is 135 Å². The minimum atomic E-state index is -0.545. The molecule has 3 N–H and O–H groups in total. The van der Waals surface area contributed by atoms with Gasteiger partial charge in [-0.05, 0) is 37.0 Å². The molecule has 0 saturated carbocycles. The van der Waals surface area contributed by atoms with Crippen molar-refractivity contribution in [2.75, 3.05) is 23.4 Å². The number of anilines is 2. The fraction of sp³-hybridized carbons (Fsp3) is 0.375. The molecule has 0 radical (unpaired) electrons. The molecule has 1 aromatic carbocycles. The summed E-state index contributed by atoms with van der Waals surface area (Å²) in [6.07, 6.45) is 2.27. The summed E-state index contributed by atoms with van der Waals surface area (Å²) in [5.74, 6) is 0.0288. The lowest BCUT2D eigenvalue weighted by molar-refractivity contribution is 0.100. The first-order valence-electron chi connectivity index (χ1n) is 7.38. The minimum Gasteiger partial charge on any atom is -0.370 e. The highest BCUT2D eigenvalue weighted by Gasteiger charge is 2.19. The molecule has 1 fully saturated rings. The second-order valence-corrected chi connectivity index (χ2v) is 5.59. The van der Waals surface area contributed by atoms with Crippen LogP contribution >= 0.6 is 0 Å². The number of hydrogen-bond donors (Lipinski definition) is 2. The Morgan fingerprint density at radius 2 is 2.17 bits per heavy atom. The highest BCUT2D eigenvalue weighted by atomic mass is 16.1. The van der Waals surface area contributed by atoms with Crippen molar-refractivity contribution in [1.29, 1.82) is 10.5 Å². The standard InChI is InChI=1S/C16H18N6O/c1-11-3-2-6-22(10-11)15-5-4-12(16(19)23)7-14(15)21-20-13(8-17)9-18/h4-5,7,11,21H,2-3,6,10H2,1H3,(H2,19,23). The van der Waals surface area contributed by atoms with Gasteiger partial charge in [0.05, 0.1) is 11.4 Å². The van der Waals surface area contributed by atoms with Crippen molar-refractivity contribution in [3.8, 4) is 12.1 Å². The largest absolute Gasteiger partial charge is 0.370 e. The van der Waals surface area contributed by atoms with E-state index in [1.807, 2.05) is 6.07 Å². The van der Waals surface area contributed by atoms with Crippen molar-refractivity contribution in [2.45, 2.75) is 19.8 Å². The number of nitrogens with two attached hydrogens (primary N) is 1. The Hall–Kier alpha value is -3.06. The van der Waals surface area contributed by atoms with E-state index in [0.717, 1.165) is 25.2 Å². The van der Waals surface area contributed by atoms with Gasteiger partial charge in [0.2, 0.25) is 11.6 Å². The first-order valence-corrected chi connectivity index (χ1v) is 7.38. The number of nitriles is 2. The van der Waals surface area contributed by atoms with Crippen LogP contribution in [0.4, 0.5) is 11.4 Å². The quantitative estimate of drug-likeness (QED) is 0.649. The van der Waals surface area contributed by atoms with E-state index in [2.05, 4.69) is 22.4 Å². The molecular formula is C16H18N6O. The normalized spacial score (nSPS) is 16.8. The first-order chi connectivity index (χ1) is 11.0. The van der Waals surface area contributed by atoms with E-state index in [0.29, 0.717) is 17.2 Å². The summed E-state index contributed by atoms with van der Waals surface area (Å²) in [5.41, 5.74) is 9.52. The van der Waals surface area contributed by atoms with Crippen molar-refractivity contribution in [3.05, 3.63) is 23.8 Å². The summed E-state index contributed by atoms with van der Waals surface area (Å²) in [6.45, 7) is 4.00. The highest BCUT2D eigenvalue weighted by molar-refractivity contribution is 6.10. The van der Waals surface area contributed by atoms with Crippen LogP contribution in [0.1, 0.15) is 30.1 Å². The van der Waals surface area contributed by atoms with Gasteiger partial charge in [-0.2, -0.15) is 15.6 Å². The molecule has 1 atom stereocenters. The Morgan fingerprint density at radius 3 is 2.78 bits per heavy atom.